The van der Waals surface area contributed by atoms with Gasteiger partial charge in [-0.25, -0.2) is 0 Å². The van der Waals surface area contributed by atoms with Gasteiger partial charge in [0.25, 0.3) is 5.91 Å². The van der Waals surface area contributed by atoms with Gasteiger partial charge in [0.2, 0.25) is 5.91 Å². The van der Waals surface area contributed by atoms with Crippen LogP contribution in [-0.2, 0) is 19.1 Å². The molecule has 3 aliphatic rings. The van der Waals surface area contributed by atoms with Gasteiger partial charge in [0, 0.05) is 27.3 Å². The number of thioether (sulfide) groups is 1. The third-order valence-electron chi connectivity index (χ3n) is 8.34. The second-order valence-corrected chi connectivity index (χ2v) is 14.7. The van der Waals surface area contributed by atoms with Crippen LogP contribution in [0.2, 0.25) is 5.02 Å². The first-order chi connectivity index (χ1) is 19.6. The molecule has 1 aromatic carbocycles. The first kappa shape index (κ1) is 32.1. The minimum atomic E-state index is -0.869. The van der Waals surface area contributed by atoms with Crippen molar-refractivity contribution in [1.29, 1.82) is 0 Å². The van der Waals surface area contributed by atoms with Crippen molar-refractivity contribution >= 4 is 62.8 Å². The standard InChI is InChI=1S/C31H40BrClN2O5S/c1-5-7-8-9-15-40-30(39)24-25-28(37)35(22(18-36)16-19(3)4)27(31(25)17-23(32)26(24)41-31)29(38)34(14-6-2)21-12-10-20(33)11-13-21/h5-6,10-13,19,22-27,36H,1-2,7-9,14-18H2,3-4H3/t22-,23?,24+,25+,26+,27?,31?/m1/s1. The fraction of sp³-hybridized carbons (Fsp3) is 0.581. The second-order valence-electron chi connectivity index (χ2n) is 11.5. The molecule has 0 aliphatic carbocycles. The molecule has 2 amide bonds. The van der Waals surface area contributed by atoms with Crippen molar-refractivity contribution < 1.29 is 24.2 Å². The number of hydrogen-bond donors (Lipinski definition) is 1. The number of ether oxygens (including phenoxy) is 1. The van der Waals surface area contributed by atoms with Crippen molar-refractivity contribution in [2.24, 2.45) is 17.8 Å². The number of unbranched alkanes of at least 4 members (excludes halogenated alkanes) is 2. The molecule has 3 aliphatic heterocycles. The van der Waals surface area contributed by atoms with Crippen LogP contribution in [0.1, 0.15) is 46.0 Å². The number of rotatable bonds is 14. The molecule has 7 atom stereocenters. The largest absolute Gasteiger partial charge is 0.465 e. The smallest absolute Gasteiger partial charge is 0.310 e. The van der Waals surface area contributed by atoms with Crippen LogP contribution in [0.15, 0.2) is 49.6 Å². The number of aliphatic hydroxyl groups excluding tert-OH is 1. The van der Waals surface area contributed by atoms with E-state index in [4.69, 9.17) is 16.3 Å². The van der Waals surface area contributed by atoms with Gasteiger partial charge in [0.05, 0.1) is 35.8 Å². The minimum Gasteiger partial charge on any atom is -0.465 e. The van der Waals surface area contributed by atoms with Crippen molar-refractivity contribution in [2.75, 3.05) is 24.7 Å². The van der Waals surface area contributed by atoms with Gasteiger partial charge < -0.3 is 19.6 Å². The molecule has 0 aromatic heterocycles. The maximum Gasteiger partial charge on any atom is 0.310 e. The van der Waals surface area contributed by atoms with Crippen LogP contribution in [-0.4, -0.2) is 74.5 Å². The average Bonchev–Trinajstić information content (AvgIpc) is 3.53. The molecule has 1 aromatic rings. The number of carbonyl (C=O) groups excluding carboxylic acids is 3. The predicted octanol–water partition coefficient (Wildman–Crippen LogP) is 5.63. The van der Waals surface area contributed by atoms with Crippen molar-refractivity contribution in [3.05, 3.63) is 54.6 Å². The number of hydrogen-bond acceptors (Lipinski definition) is 6. The lowest BCUT2D eigenvalue weighted by molar-refractivity contribution is -0.154. The fourth-order valence-corrected chi connectivity index (χ4v) is 10.4. The SMILES string of the molecule is C=CCCCCOC(=O)[C@H]1[C@H]2C(=O)N([C@@H](CO)CC(C)C)C(C(=O)N(CC=C)c3ccc(Cl)cc3)C23CC(Br)[C@@H]1S3. The summed E-state index contributed by atoms with van der Waals surface area (Å²) in [4.78, 5) is 45.8. The van der Waals surface area contributed by atoms with E-state index in [0.29, 0.717) is 23.6 Å². The summed E-state index contributed by atoms with van der Waals surface area (Å²) in [5, 5.41) is 10.9. The van der Waals surface area contributed by atoms with Crippen molar-refractivity contribution in [2.45, 2.75) is 72.9 Å². The third-order valence-corrected chi connectivity index (χ3v) is 11.8. The van der Waals surface area contributed by atoms with Crippen LogP contribution >= 0.6 is 39.3 Å². The Labute approximate surface area is 260 Å². The molecule has 3 fully saturated rings. The molecular weight excluding hydrogens is 628 g/mol. The maximum absolute atomic E-state index is 14.7. The molecule has 4 rings (SSSR count). The minimum absolute atomic E-state index is 0.0637. The Morgan fingerprint density at radius 1 is 1.27 bits per heavy atom. The van der Waals surface area contributed by atoms with Gasteiger partial charge in [0.15, 0.2) is 0 Å². The maximum atomic E-state index is 14.7. The number of allylic oxidation sites excluding steroid dienone is 1. The summed E-state index contributed by atoms with van der Waals surface area (Å²) < 4.78 is 4.89. The Kier molecular flexibility index (Phi) is 10.7. The normalized spacial score (nSPS) is 29.0. The number of amides is 2. The molecular formula is C31H40BrClN2O5S. The van der Waals surface area contributed by atoms with Crippen LogP contribution < -0.4 is 4.90 Å². The highest BCUT2D eigenvalue weighted by Crippen LogP contribution is 2.68. The molecule has 10 heteroatoms. The molecule has 1 N–H and O–H groups in total. The van der Waals surface area contributed by atoms with Crippen molar-refractivity contribution in [3.63, 3.8) is 0 Å². The molecule has 2 bridgehead atoms. The number of halogens is 2. The number of alkyl halides is 1. The lowest BCUT2D eigenvalue weighted by Gasteiger charge is -2.40. The number of nitrogens with zero attached hydrogens (tertiary/aromatic N) is 2. The number of esters is 1. The van der Waals surface area contributed by atoms with Crippen LogP contribution in [0.4, 0.5) is 5.69 Å². The van der Waals surface area contributed by atoms with E-state index in [1.54, 1.807) is 51.9 Å². The zero-order valence-electron chi connectivity index (χ0n) is 23.7. The van der Waals surface area contributed by atoms with Crippen molar-refractivity contribution in [3.8, 4) is 0 Å². The van der Waals surface area contributed by atoms with E-state index in [9.17, 15) is 19.5 Å². The van der Waals surface area contributed by atoms with E-state index < -0.39 is 28.7 Å². The number of fused-ring (bicyclic) bond motifs is 1. The van der Waals surface area contributed by atoms with Gasteiger partial charge in [-0.1, -0.05) is 53.5 Å². The molecule has 0 saturated carbocycles. The van der Waals surface area contributed by atoms with Gasteiger partial charge >= 0.3 is 5.97 Å². The molecule has 1 spiro atoms. The van der Waals surface area contributed by atoms with Crippen LogP contribution in [0.3, 0.4) is 0 Å². The Morgan fingerprint density at radius 3 is 2.59 bits per heavy atom. The van der Waals surface area contributed by atoms with Crippen LogP contribution in [0, 0.1) is 17.8 Å². The predicted molar refractivity (Wildman–Crippen MR) is 168 cm³/mol. The summed E-state index contributed by atoms with van der Waals surface area (Å²) in [5.41, 5.74) is 0.638. The summed E-state index contributed by atoms with van der Waals surface area (Å²) in [6.07, 6.45) is 7.01. The first-order valence-electron chi connectivity index (χ1n) is 14.3. The van der Waals surface area contributed by atoms with E-state index in [2.05, 4.69) is 29.1 Å². The Balaban J connectivity index is 1.75. The highest BCUT2D eigenvalue weighted by atomic mass is 79.9. The average molecular weight is 668 g/mol. The molecule has 3 saturated heterocycles. The third kappa shape index (κ3) is 6.15. The van der Waals surface area contributed by atoms with E-state index in [1.165, 1.54) is 0 Å². The van der Waals surface area contributed by atoms with Crippen LogP contribution in [0.5, 0.6) is 0 Å². The highest BCUT2D eigenvalue weighted by molar-refractivity contribution is 9.09. The quantitative estimate of drug-likeness (QED) is 0.120. The molecule has 0 radical (unpaired) electrons. The summed E-state index contributed by atoms with van der Waals surface area (Å²) in [7, 11) is 0. The molecule has 3 unspecified atom stereocenters. The molecule has 41 heavy (non-hydrogen) atoms. The van der Waals surface area contributed by atoms with E-state index in [-0.39, 0.29) is 53.5 Å². The zero-order chi connectivity index (χ0) is 29.9. The lowest BCUT2D eigenvalue weighted by atomic mass is 9.71. The number of carbonyl (C=O) groups is 3. The highest BCUT2D eigenvalue weighted by Gasteiger charge is 2.76. The van der Waals surface area contributed by atoms with E-state index in [1.807, 2.05) is 19.9 Å². The number of aliphatic hydroxyl groups is 1. The summed E-state index contributed by atoms with van der Waals surface area (Å²) in [6.45, 7) is 11.9. The Bertz CT molecular complexity index is 1150. The van der Waals surface area contributed by atoms with Gasteiger partial charge in [0.1, 0.15) is 6.04 Å². The summed E-state index contributed by atoms with van der Waals surface area (Å²) in [5.74, 6) is -2.09. The number of benzene rings is 1. The second kappa shape index (κ2) is 13.7. The number of likely N-dealkylation sites (tertiary alicyclic amines) is 1. The molecule has 224 valence electrons. The summed E-state index contributed by atoms with van der Waals surface area (Å²) >= 11 is 11.5. The fourth-order valence-electron chi connectivity index (χ4n) is 6.71. The Morgan fingerprint density at radius 2 is 1.98 bits per heavy atom. The van der Waals surface area contributed by atoms with Crippen molar-refractivity contribution in [1.82, 2.24) is 4.90 Å². The monoisotopic (exact) mass is 666 g/mol. The first-order valence-corrected chi connectivity index (χ1v) is 16.5. The van der Waals surface area contributed by atoms with E-state index >= 15 is 0 Å². The molecule has 7 nitrogen and oxygen atoms in total. The topological polar surface area (TPSA) is 87.1 Å². The van der Waals surface area contributed by atoms with Gasteiger partial charge in [-0.15, -0.1) is 24.9 Å². The van der Waals surface area contributed by atoms with Crippen LogP contribution in [0.25, 0.3) is 0 Å². The molecule has 3 heterocycles. The lowest BCUT2D eigenvalue weighted by Crippen LogP contribution is -2.58. The summed E-state index contributed by atoms with van der Waals surface area (Å²) in [6, 6.07) is 5.57. The van der Waals surface area contributed by atoms with E-state index in [0.717, 1.165) is 19.3 Å². The van der Waals surface area contributed by atoms with Gasteiger partial charge in [-0.05, 0) is 62.3 Å². The number of anilines is 1. The van der Waals surface area contributed by atoms with Gasteiger partial charge in [-0.3, -0.25) is 14.4 Å². The Hall–Kier alpha value is -1.81. The zero-order valence-corrected chi connectivity index (χ0v) is 26.9. The van der Waals surface area contributed by atoms with Gasteiger partial charge in [-0.2, -0.15) is 0 Å².